The van der Waals surface area contributed by atoms with Gasteiger partial charge in [-0.15, -0.1) is 0 Å². The Kier molecular flexibility index (Phi) is 11.6. The third-order valence-electron chi connectivity index (χ3n) is 8.28. The van der Waals surface area contributed by atoms with Crippen LogP contribution in [0.3, 0.4) is 0 Å². The van der Waals surface area contributed by atoms with Crippen LogP contribution in [0.1, 0.15) is 62.5 Å². The van der Waals surface area contributed by atoms with E-state index in [1.54, 1.807) is 6.20 Å². The van der Waals surface area contributed by atoms with Gasteiger partial charge in [-0.2, -0.15) is 23.1 Å². The highest BCUT2D eigenvalue weighted by Crippen LogP contribution is 2.34. The molecule has 4 aromatic rings. The van der Waals surface area contributed by atoms with Crippen LogP contribution in [0.4, 0.5) is 36.7 Å². The molecule has 2 saturated carbocycles. The number of ether oxygens (including phenoxy) is 2. The minimum Gasteiger partial charge on any atom is -0.452 e. The summed E-state index contributed by atoms with van der Waals surface area (Å²) in [5.74, 6) is 3.01. The van der Waals surface area contributed by atoms with Gasteiger partial charge in [-0.1, -0.05) is 17.7 Å². The fourth-order valence-corrected chi connectivity index (χ4v) is 5.52. The van der Waals surface area contributed by atoms with Crippen molar-refractivity contribution < 1.29 is 32.9 Å². The molecule has 0 aliphatic heterocycles. The van der Waals surface area contributed by atoms with Gasteiger partial charge < -0.3 is 41.8 Å². The minimum absolute atomic E-state index is 0.0584. The van der Waals surface area contributed by atoms with Crippen LogP contribution in [0.5, 0.6) is 23.0 Å². The number of rotatable bonds is 8. The van der Waals surface area contributed by atoms with Crippen LogP contribution in [0.25, 0.3) is 0 Å². The summed E-state index contributed by atoms with van der Waals surface area (Å²) in [7, 11) is 0. The molecule has 49 heavy (non-hydrogen) atoms. The number of nitrogens with zero attached hydrogens (tertiary/aromatic N) is 4. The summed E-state index contributed by atoms with van der Waals surface area (Å²) in [5, 5.41) is 25.8. The van der Waals surface area contributed by atoms with Gasteiger partial charge in [0.25, 0.3) is 0 Å². The van der Waals surface area contributed by atoms with E-state index in [-0.39, 0.29) is 47.7 Å². The third kappa shape index (κ3) is 10.5. The van der Waals surface area contributed by atoms with E-state index in [4.69, 9.17) is 20.9 Å². The maximum atomic E-state index is 12.6. The molecule has 2 fully saturated rings. The van der Waals surface area contributed by atoms with E-state index in [0.29, 0.717) is 30.2 Å². The summed E-state index contributed by atoms with van der Waals surface area (Å²) in [4.78, 5) is 16.3. The third-order valence-corrected chi connectivity index (χ3v) is 8.28. The standard InChI is InChI=1S/C17H19F3N4O2.C17H22N4O2/c18-17(19,20)10-1-7-13(8-2-10)26-14-9-22-16(21)24-15(14)23-11-3-5-12(25)6-4-11;1-11-2-8-14(9-3-11)23-15-10-19-17(18)21-16(15)20-12-4-6-13(22)7-5-12/h1-2,7-9,11-12,25H,3-6H2,(H3,21,22,23,24);2-3,8-10,12-13,22H,4-7H2,1H3,(H3,18,19,20,21). The number of benzene rings is 2. The fourth-order valence-electron chi connectivity index (χ4n) is 5.52. The largest absolute Gasteiger partial charge is 0.452 e. The molecule has 0 bridgehead atoms. The second-order valence-electron chi connectivity index (χ2n) is 12.2. The first-order chi connectivity index (χ1) is 23.4. The van der Waals surface area contributed by atoms with Crippen LogP contribution >= 0.6 is 0 Å². The molecule has 2 heterocycles. The second-order valence-corrected chi connectivity index (χ2v) is 12.2. The Morgan fingerprint density at radius 3 is 1.43 bits per heavy atom. The lowest BCUT2D eigenvalue weighted by Gasteiger charge is -2.27. The molecule has 2 aliphatic carbocycles. The molecule has 0 amide bonds. The molecule has 0 unspecified atom stereocenters. The van der Waals surface area contributed by atoms with Crippen molar-refractivity contribution in [3.8, 4) is 23.0 Å². The zero-order valence-corrected chi connectivity index (χ0v) is 27.0. The Balaban J connectivity index is 0.000000192. The van der Waals surface area contributed by atoms with Gasteiger partial charge in [0.1, 0.15) is 11.5 Å². The lowest BCUT2D eigenvalue weighted by molar-refractivity contribution is -0.137. The van der Waals surface area contributed by atoms with Crippen molar-refractivity contribution in [2.24, 2.45) is 0 Å². The number of hydrogen-bond donors (Lipinski definition) is 6. The number of halogens is 3. The maximum absolute atomic E-state index is 12.6. The summed E-state index contributed by atoms with van der Waals surface area (Å²) in [6, 6.07) is 12.5. The van der Waals surface area contributed by atoms with Gasteiger partial charge in [-0.05, 0) is 94.7 Å². The molecule has 12 nitrogen and oxygen atoms in total. The van der Waals surface area contributed by atoms with Crippen molar-refractivity contribution in [2.75, 3.05) is 22.1 Å². The molecule has 2 aliphatic rings. The van der Waals surface area contributed by atoms with Crippen LogP contribution in [0.2, 0.25) is 0 Å². The summed E-state index contributed by atoms with van der Waals surface area (Å²) >= 11 is 0. The Labute approximate surface area is 282 Å². The van der Waals surface area contributed by atoms with Crippen LogP contribution < -0.4 is 31.6 Å². The first kappa shape index (κ1) is 35.4. The van der Waals surface area contributed by atoms with E-state index in [9.17, 15) is 23.4 Å². The van der Waals surface area contributed by atoms with Crippen molar-refractivity contribution in [1.82, 2.24) is 19.9 Å². The van der Waals surface area contributed by atoms with Gasteiger partial charge in [0.15, 0.2) is 23.1 Å². The van der Waals surface area contributed by atoms with Crippen molar-refractivity contribution in [2.45, 2.75) is 88.8 Å². The normalized spacial score (nSPS) is 20.8. The van der Waals surface area contributed by atoms with E-state index < -0.39 is 11.7 Å². The topological polar surface area (TPSA) is 187 Å². The molecule has 262 valence electrons. The Morgan fingerprint density at radius 1 is 0.653 bits per heavy atom. The zero-order chi connectivity index (χ0) is 35.0. The summed E-state index contributed by atoms with van der Waals surface area (Å²) in [6.45, 7) is 2.03. The summed E-state index contributed by atoms with van der Waals surface area (Å²) in [5.41, 5.74) is 11.8. The van der Waals surface area contributed by atoms with Crippen molar-refractivity contribution in [3.63, 3.8) is 0 Å². The van der Waals surface area contributed by atoms with E-state index in [1.165, 1.54) is 23.9 Å². The number of nitrogens with two attached hydrogens (primary N) is 2. The van der Waals surface area contributed by atoms with Gasteiger partial charge in [0.05, 0.1) is 30.2 Å². The molecule has 2 aromatic carbocycles. The number of nitrogen functional groups attached to an aromatic ring is 2. The van der Waals surface area contributed by atoms with Crippen LogP contribution in [0, 0.1) is 6.92 Å². The number of hydrogen-bond acceptors (Lipinski definition) is 12. The predicted molar refractivity (Wildman–Crippen MR) is 179 cm³/mol. The summed E-state index contributed by atoms with van der Waals surface area (Å²) in [6.07, 6.45) is 4.39. The predicted octanol–water partition coefficient (Wildman–Crippen LogP) is 6.46. The molecular weight excluding hydrogens is 641 g/mol. The van der Waals surface area contributed by atoms with E-state index in [2.05, 4.69) is 30.6 Å². The first-order valence-electron chi connectivity index (χ1n) is 16.1. The average Bonchev–Trinajstić information content (AvgIpc) is 3.07. The van der Waals surface area contributed by atoms with Gasteiger partial charge >= 0.3 is 6.18 Å². The van der Waals surface area contributed by atoms with Crippen LogP contribution in [-0.2, 0) is 6.18 Å². The maximum Gasteiger partial charge on any atom is 0.416 e. The van der Waals surface area contributed by atoms with Gasteiger partial charge in [0.2, 0.25) is 11.9 Å². The number of aliphatic hydroxyl groups is 2. The minimum atomic E-state index is -4.40. The summed E-state index contributed by atoms with van der Waals surface area (Å²) < 4.78 is 49.4. The zero-order valence-electron chi connectivity index (χ0n) is 27.0. The van der Waals surface area contributed by atoms with Crippen molar-refractivity contribution >= 4 is 23.5 Å². The van der Waals surface area contributed by atoms with Crippen LogP contribution in [-0.4, -0.2) is 54.4 Å². The Hall–Kier alpha value is -4.89. The number of aryl methyl sites for hydroxylation is 1. The second kappa shape index (κ2) is 16.0. The molecule has 2 aromatic heterocycles. The molecule has 0 saturated heterocycles. The van der Waals surface area contributed by atoms with Gasteiger partial charge in [-0.3, -0.25) is 0 Å². The van der Waals surface area contributed by atoms with E-state index in [1.807, 2.05) is 31.2 Å². The Bertz CT molecular complexity index is 1650. The highest BCUT2D eigenvalue weighted by molar-refractivity contribution is 5.54. The number of aromatic nitrogens is 4. The lowest BCUT2D eigenvalue weighted by atomic mass is 9.93. The fraction of sp³-hybridized carbons (Fsp3) is 0.412. The Morgan fingerprint density at radius 2 is 1.04 bits per heavy atom. The molecule has 15 heteroatoms. The highest BCUT2D eigenvalue weighted by Gasteiger charge is 2.30. The van der Waals surface area contributed by atoms with Gasteiger partial charge in [-0.25, -0.2) is 9.97 Å². The number of nitrogens with one attached hydrogen (secondary N) is 2. The molecular formula is C34H41F3N8O4. The van der Waals surface area contributed by atoms with Crippen molar-refractivity contribution in [3.05, 3.63) is 72.1 Å². The van der Waals surface area contributed by atoms with E-state index in [0.717, 1.165) is 56.4 Å². The molecule has 0 spiro atoms. The SMILES string of the molecule is Cc1ccc(Oc2cnc(N)nc2NC2CCC(O)CC2)cc1.Nc1ncc(Oc2ccc(C(F)(F)F)cc2)c(NC2CCC(O)CC2)n1. The molecule has 0 radical (unpaired) electrons. The first-order valence-corrected chi connectivity index (χ1v) is 16.1. The number of alkyl halides is 3. The quantitative estimate of drug-likeness (QED) is 0.119. The molecule has 6 rings (SSSR count). The smallest absolute Gasteiger partial charge is 0.416 e. The van der Waals surface area contributed by atoms with Crippen LogP contribution in [0.15, 0.2) is 60.9 Å². The lowest BCUT2D eigenvalue weighted by Crippen LogP contribution is -2.28. The molecule has 0 atom stereocenters. The number of anilines is 4. The van der Waals surface area contributed by atoms with Crippen molar-refractivity contribution in [1.29, 1.82) is 0 Å². The molecule has 8 N–H and O–H groups in total. The number of aliphatic hydroxyl groups excluding tert-OH is 2. The highest BCUT2D eigenvalue weighted by atomic mass is 19.4. The average molecular weight is 683 g/mol. The van der Waals surface area contributed by atoms with Gasteiger partial charge in [0, 0.05) is 12.1 Å². The van der Waals surface area contributed by atoms with E-state index >= 15 is 0 Å². The monoisotopic (exact) mass is 682 g/mol.